The van der Waals surface area contributed by atoms with Crippen LogP contribution in [0.2, 0.25) is 0 Å². The number of halogens is 1. The van der Waals surface area contributed by atoms with Gasteiger partial charge in [-0.3, -0.25) is 4.79 Å². The van der Waals surface area contributed by atoms with Gasteiger partial charge in [-0.25, -0.2) is 0 Å². The Balaban J connectivity index is 1.50. The minimum Gasteiger partial charge on any atom is -0.469 e. The van der Waals surface area contributed by atoms with Crippen LogP contribution in [-0.2, 0) is 19.8 Å². The highest BCUT2D eigenvalue weighted by atomic mass is 32.3. The highest BCUT2D eigenvalue weighted by Crippen LogP contribution is 3.10. The molecule has 0 unspecified atom stereocenters. The average molecular weight is 258 g/mol. The number of carbonyl (C=O) groups is 1. The van der Waals surface area contributed by atoms with Gasteiger partial charge in [-0.1, -0.05) is 0 Å². The van der Waals surface area contributed by atoms with E-state index in [1.165, 1.54) is 7.11 Å². The highest BCUT2D eigenvalue weighted by molar-refractivity contribution is 7.86. The van der Waals surface area contributed by atoms with Gasteiger partial charge in [-0.15, -0.1) is 3.89 Å². The smallest absolute Gasteiger partial charge is 0.312 e. The van der Waals surface area contributed by atoms with E-state index in [1.807, 2.05) is 0 Å². The first-order valence-corrected chi connectivity index (χ1v) is 7.48. The lowest BCUT2D eigenvalue weighted by atomic mass is 8.92. The van der Waals surface area contributed by atoms with Gasteiger partial charge in [0.05, 0.1) is 18.3 Å². The lowest BCUT2D eigenvalue weighted by Crippen LogP contribution is -3.11. The third kappa shape index (κ3) is 0.508. The molecular weight excluding hydrogens is 247 g/mol. The lowest BCUT2D eigenvalue weighted by molar-refractivity contribution is -0.637. The second-order valence-electron chi connectivity index (χ2n) is 6.37. The van der Waals surface area contributed by atoms with Crippen LogP contribution in [0.1, 0.15) is 0 Å². The van der Waals surface area contributed by atoms with Crippen molar-refractivity contribution < 1.29 is 21.8 Å². The largest absolute Gasteiger partial charge is 0.469 e. The molecular formula is C11H11FO4S. The molecule has 92 valence electrons. The maximum Gasteiger partial charge on any atom is 0.312 e. The molecule has 0 N–H and O–H groups in total. The fraction of sp³-hybridized carbons (Fsp3) is 0.909. The monoisotopic (exact) mass is 258 g/mol. The summed E-state index contributed by atoms with van der Waals surface area (Å²) in [5, 5.41) is 0. The predicted octanol–water partition coefficient (Wildman–Crippen LogP) is 0.197. The molecule has 0 aromatic carbocycles. The van der Waals surface area contributed by atoms with E-state index in [-0.39, 0.29) is 22.6 Å². The minimum absolute atomic E-state index is 0.113. The van der Waals surface area contributed by atoms with Gasteiger partial charge in [0.2, 0.25) is 0 Å². The molecule has 0 radical (unpaired) electrons. The molecule has 6 aliphatic rings. The molecule has 0 bridgehead atoms. The highest BCUT2D eigenvalue weighted by Gasteiger charge is 3.11. The number of carbonyl (C=O) groups excluding carboxylic acids is 1. The molecule has 6 aliphatic carbocycles. The Hall–Kier alpha value is -0.650. The van der Waals surface area contributed by atoms with E-state index in [4.69, 9.17) is 4.74 Å². The van der Waals surface area contributed by atoms with E-state index < -0.39 is 10.2 Å². The average Bonchev–Trinajstić information content (AvgIpc) is 2.26. The van der Waals surface area contributed by atoms with Crippen molar-refractivity contribution in [3.8, 4) is 0 Å². The molecule has 0 spiro atoms. The Bertz CT molecular complexity index is 541. The molecule has 0 amide bonds. The minimum atomic E-state index is -4.38. The van der Waals surface area contributed by atoms with Crippen LogP contribution < -0.4 is 0 Å². The maximum absolute atomic E-state index is 12.9. The molecule has 0 aromatic heterocycles. The number of rotatable bonds is 3. The molecule has 0 saturated heterocycles. The van der Waals surface area contributed by atoms with Crippen LogP contribution in [0.3, 0.4) is 0 Å². The van der Waals surface area contributed by atoms with Crippen LogP contribution in [0.15, 0.2) is 0 Å². The van der Waals surface area contributed by atoms with Crippen molar-refractivity contribution in [3.63, 3.8) is 0 Å². The van der Waals surface area contributed by atoms with Crippen molar-refractivity contribution in [3.05, 3.63) is 0 Å². The van der Waals surface area contributed by atoms with E-state index in [9.17, 15) is 17.1 Å². The third-order valence-corrected chi connectivity index (χ3v) is 7.64. The van der Waals surface area contributed by atoms with E-state index in [1.54, 1.807) is 0 Å². The first kappa shape index (κ1) is 9.30. The summed E-state index contributed by atoms with van der Waals surface area (Å²) in [6.07, 6.45) is 0. The Kier molecular flexibility index (Phi) is 1.06. The van der Waals surface area contributed by atoms with Crippen molar-refractivity contribution in [2.75, 3.05) is 12.9 Å². The Morgan fingerprint density at radius 3 is 2.00 bits per heavy atom. The summed E-state index contributed by atoms with van der Waals surface area (Å²) in [6.45, 7) is 0. The molecule has 0 heterocycles. The second kappa shape index (κ2) is 1.94. The number of hydrogen-bond acceptors (Lipinski definition) is 4. The SMILES string of the molecule is COC(=O)C12C3C4C1C1C2C3C41CS(=O)(=O)F. The van der Waals surface area contributed by atoms with Gasteiger partial charge in [0.1, 0.15) is 0 Å². The normalized spacial score (nSPS) is 66.5. The van der Waals surface area contributed by atoms with Crippen molar-refractivity contribution in [1.82, 2.24) is 0 Å². The van der Waals surface area contributed by atoms with Gasteiger partial charge >= 0.3 is 16.2 Å². The molecule has 6 fully saturated rings. The van der Waals surface area contributed by atoms with E-state index in [0.717, 1.165) is 0 Å². The zero-order valence-corrected chi connectivity index (χ0v) is 9.91. The first-order valence-electron chi connectivity index (χ1n) is 5.93. The lowest BCUT2D eigenvalue weighted by Gasteiger charge is -3.10. The van der Waals surface area contributed by atoms with Gasteiger partial charge in [0.15, 0.2) is 0 Å². The van der Waals surface area contributed by atoms with Crippen LogP contribution in [0.4, 0.5) is 3.89 Å². The van der Waals surface area contributed by atoms with Gasteiger partial charge in [-0.05, 0) is 40.9 Å². The second-order valence-corrected chi connectivity index (χ2v) is 7.74. The number of esters is 1. The molecule has 0 aromatic rings. The summed E-state index contributed by atoms with van der Waals surface area (Å²) >= 11 is 0. The Labute approximate surface area is 97.7 Å². The predicted molar refractivity (Wildman–Crippen MR) is 52.7 cm³/mol. The topological polar surface area (TPSA) is 60.4 Å². The van der Waals surface area contributed by atoms with Crippen LogP contribution in [0.25, 0.3) is 0 Å². The van der Waals surface area contributed by atoms with Gasteiger partial charge in [-0.2, -0.15) is 8.42 Å². The quantitative estimate of drug-likeness (QED) is 0.536. The van der Waals surface area contributed by atoms with Crippen molar-refractivity contribution in [2.45, 2.75) is 0 Å². The van der Waals surface area contributed by atoms with Gasteiger partial charge < -0.3 is 4.74 Å². The molecule has 6 saturated carbocycles. The van der Waals surface area contributed by atoms with Crippen molar-refractivity contribution in [2.24, 2.45) is 46.3 Å². The first-order chi connectivity index (χ1) is 7.92. The molecule has 0 aliphatic heterocycles. The summed E-state index contributed by atoms with van der Waals surface area (Å²) < 4.78 is 39.4. The number of hydrogen-bond donors (Lipinski definition) is 0. The molecule has 0 atom stereocenters. The molecule has 6 heteroatoms. The van der Waals surface area contributed by atoms with Crippen LogP contribution in [-0.4, -0.2) is 27.2 Å². The fourth-order valence-corrected chi connectivity index (χ4v) is 8.10. The molecule has 6 rings (SSSR count). The Morgan fingerprint density at radius 1 is 1.18 bits per heavy atom. The fourth-order valence-electron chi connectivity index (χ4n) is 6.92. The molecule has 17 heavy (non-hydrogen) atoms. The number of ether oxygens (including phenoxy) is 1. The van der Waals surface area contributed by atoms with Crippen LogP contribution >= 0.6 is 0 Å². The zero-order chi connectivity index (χ0) is 12.0. The van der Waals surface area contributed by atoms with Crippen LogP contribution in [0, 0.1) is 46.3 Å². The summed E-state index contributed by atoms with van der Waals surface area (Å²) in [5.41, 5.74) is -0.514. The van der Waals surface area contributed by atoms with Gasteiger partial charge in [0, 0.05) is 0 Å². The summed E-state index contributed by atoms with van der Waals surface area (Å²) in [5.74, 6) is 1.43. The van der Waals surface area contributed by atoms with Crippen LogP contribution in [0.5, 0.6) is 0 Å². The maximum atomic E-state index is 12.9. The van der Waals surface area contributed by atoms with E-state index in [2.05, 4.69) is 0 Å². The number of methoxy groups -OCH3 is 1. The van der Waals surface area contributed by atoms with E-state index in [0.29, 0.717) is 35.5 Å². The summed E-state index contributed by atoms with van der Waals surface area (Å²) in [7, 11) is -2.97. The Morgan fingerprint density at radius 2 is 1.65 bits per heavy atom. The van der Waals surface area contributed by atoms with Crippen molar-refractivity contribution in [1.29, 1.82) is 0 Å². The standard InChI is InChI=1S/C11H11FO4S/c1-16-9(13)11-6-3-7(11)5-8(11)4(6)10(3,5)2-17(12,14)15/h3-8H,2H2,1H3. The molecule has 4 nitrogen and oxygen atoms in total. The third-order valence-electron chi connectivity index (χ3n) is 6.80. The zero-order valence-electron chi connectivity index (χ0n) is 9.09. The van der Waals surface area contributed by atoms with Gasteiger partial charge in [0.25, 0.3) is 0 Å². The van der Waals surface area contributed by atoms with Crippen molar-refractivity contribution >= 4 is 16.2 Å². The summed E-state index contributed by atoms with van der Waals surface area (Å²) in [6, 6.07) is 0. The van der Waals surface area contributed by atoms with E-state index >= 15 is 0 Å². The summed E-state index contributed by atoms with van der Waals surface area (Å²) in [4.78, 5) is 11.8.